The minimum Gasteiger partial charge on any atom is -0.497 e. The highest BCUT2D eigenvalue weighted by Gasteiger charge is 2.28. The van der Waals surface area contributed by atoms with Gasteiger partial charge in [-0.3, -0.25) is 9.80 Å². The maximum Gasteiger partial charge on any atom is 0.119 e. The molecule has 0 unspecified atom stereocenters. The first-order valence-corrected chi connectivity index (χ1v) is 12.1. The van der Waals surface area contributed by atoms with E-state index in [9.17, 15) is 5.11 Å². The summed E-state index contributed by atoms with van der Waals surface area (Å²) in [5.74, 6) is 0.845. The van der Waals surface area contributed by atoms with Crippen molar-refractivity contribution in [2.75, 3.05) is 33.3 Å². The lowest BCUT2D eigenvalue weighted by Gasteiger charge is -2.41. The number of aromatic nitrogens is 2. The number of β-amino-alcohol motifs (C(OH)–C–C–N with tert-alkyl or cyclic N) is 1. The molecule has 0 aliphatic carbocycles. The summed E-state index contributed by atoms with van der Waals surface area (Å²) < 4.78 is 7.46. The molecule has 5 rings (SSSR count). The monoisotopic (exact) mass is 446 g/mol. The zero-order valence-electron chi connectivity index (χ0n) is 19.4. The van der Waals surface area contributed by atoms with Gasteiger partial charge in [0.25, 0.3) is 0 Å². The second kappa shape index (κ2) is 10.1. The second-order valence-electron chi connectivity index (χ2n) is 9.31. The first-order chi connectivity index (χ1) is 16.2. The average molecular weight is 447 g/mol. The van der Waals surface area contributed by atoms with Gasteiger partial charge in [-0.1, -0.05) is 30.3 Å². The predicted octanol–water partition coefficient (Wildman–Crippen LogP) is 3.97. The molecule has 1 N–H and O–H groups in total. The Morgan fingerprint density at radius 1 is 1.00 bits per heavy atom. The standard InChI is InChI=1S/C27H34N4O2/c1-33-26-11-5-7-21(17-26)27-22(19-31(28-27)24-8-3-2-4-9-24)18-29-15-12-23(13-16-29)30-14-6-10-25(32)20-30/h2-5,7-9,11,17,19,23,25,32H,6,10,12-16,18,20H2,1H3/t25-/m1/s1. The van der Waals surface area contributed by atoms with Crippen LogP contribution in [-0.4, -0.2) is 70.1 Å². The molecule has 2 aliphatic rings. The predicted molar refractivity (Wildman–Crippen MR) is 131 cm³/mol. The summed E-state index contributed by atoms with van der Waals surface area (Å²) in [4.78, 5) is 5.06. The summed E-state index contributed by atoms with van der Waals surface area (Å²) in [5.41, 5.74) is 4.39. The highest BCUT2D eigenvalue weighted by Crippen LogP contribution is 2.29. The molecule has 3 heterocycles. The van der Waals surface area contributed by atoms with Crippen molar-refractivity contribution in [3.05, 3.63) is 66.4 Å². The minimum atomic E-state index is -0.147. The Bertz CT molecular complexity index is 1040. The van der Waals surface area contributed by atoms with E-state index in [1.165, 1.54) is 5.56 Å². The van der Waals surface area contributed by atoms with Crippen LogP contribution in [0.5, 0.6) is 5.75 Å². The van der Waals surface area contributed by atoms with E-state index in [4.69, 9.17) is 9.84 Å². The number of para-hydroxylation sites is 1. The fraction of sp³-hybridized carbons (Fsp3) is 0.444. The van der Waals surface area contributed by atoms with Crippen molar-refractivity contribution < 1.29 is 9.84 Å². The van der Waals surface area contributed by atoms with Crippen molar-refractivity contribution in [1.82, 2.24) is 19.6 Å². The van der Waals surface area contributed by atoms with E-state index in [2.05, 4.69) is 40.3 Å². The summed E-state index contributed by atoms with van der Waals surface area (Å²) in [7, 11) is 1.70. The summed E-state index contributed by atoms with van der Waals surface area (Å²) in [6.45, 7) is 5.01. The van der Waals surface area contributed by atoms with Gasteiger partial charge in [-0.2, -0.15) is 5.10 Å². The Morgan fingerprint density at radius 3 is 2.58 bits per heavy atom. The van der Waals surface area contributed by atoms with Crippen molar-refractivity contribution in [1.29, 1.82) is 0 Å². The maximum atomic E-state index is 10.1. The third-order valence-electron chi connectivity index (χ3n) is 7.05. The molecule has 1 aromatic heterocycles. The Morgan fingerprint density at radius 2 is 1.82 bits per heavy atom. The fourth-order valence-corrected chi connectivity index (χ4v) is 5.25. The number of aliphatic hydroxyl groups excluding tert-OH is 1. The smallest absolute Gasteiger partial charge is 0.119 e. The van der Waals surface area contributed by atoms with E-state index in [0.29, 0.717) is 6.04 Å². The second-order valence-corrected chi connectivity index (χ2v) is 9.31. The molecule has 3 aromatic rings. The van der Waals surface area contributed by atoms with Crippen molar-refractivity contribution in [2.45, 2.75) is 44.4 Å². The molecule has 6 nitrogen and oxygen atoms in total. The summed E-state index contributed by atoms with van der Waals surface area (Å²) in [5, 5.41) is 15.0. The minimum absolute atomic E-state index is 0.147. The van der Waals surface area contributed by atoms with E-state index in [-0.39, 0.29) is 6.10 Å². The van der Waals surface area contributed by atoms with Crippen LogP contribution in [0.25, 0.3) is 16.9 Å². The van der Waals surface area contributed by atoms with E-state index in [0.717, 1.165) is 81.1 Å². The summed E-state index contributed by atoms with van der Waals surface area (Å²) in [6.07, 6.45) is 6.42. The van der Waals surface area contributed by atoms with Crippen molar-refractivity contribution in [3.8, 4) is 22.7 Å². The number of methoxy groups -OCH3 is 1. The number of likely N-dealkylation sites (tertiary alicyclic amines) is 2. The van der Waals surface area contributed by atoms with Gasteiger partial charge in [0.2, 0.25) is 0 Å². The van der Waals surface area contributed by atoms with Gasteiger partial charge in [0, 0.05) is 36.5 Å². The van der Waals surface area contributed by atoms with Gasteiger partial charge in [0.05, 0.1) is 24.6 Å². The van der Waals surface area contributed by atoms with Gasteiger partial charge in [-0.15, -0.1) is 0 Å². The lowest BCUT2D eigenvalue weighted by Crippen LogP contribution is -2.49. The summed E-state index contributed by atoms with van der Waals surface area (Å²) in [6, 6.07) is 19.1. The molecule has 1 atom stereocenters. The lowest BCUT2D eigenvalue weighted by atomic mass is 9.98. The zero-order valence-corrected chi connectivity index (χ0v) is 19.4. The van der Waals surface area contributed by atoms with Crippen molar-refractivity contribution in [3.63, 3.8) is 0 Å². The van der Waals surface area contributed by atoms with Crippen LogP contribution in [-0.2, 0) is 6.54 Å². The van der Waals surface area contributed by atoms with Crippen LogP contribution in [0.1, 0.15) is 31.2 Å². The lowest BCUT2D eigenvalue weighted by molar-refractivity contribution is 0.0243. The molecular formula is C27H34N4O2. The Balaban J connectivity index is 1.34. The normalized spacial score (nSPS) is 20.7. The highest BCUT2D eigenvalue weighted by molar-refractivity contribution is 5.65. The number of ether oxygens (including phenoxy) is 1. The molecule has 0 radical (unpaired) electrons. The van der Waals surface area contributed by atoms with Crippen LogP contribution in [0, 0.1) is 0 Å². The van der Waals surface area contributed by atoms with Crippen LogP contribution in [0.15, 0.2) is 60.8 Å². The number of hydrogen-bond acceptors (Lipinski definition) is 5. The number of rotatable bonds is 6. The van der Waals surface area contributed by atoms with Gasteiger partial charge in [-0.25, -0.2) is 4.68 Å². The molecule has 2 fully saturated rings. The van der Waals surface area contributed by atoms with Crippen LogP contribution < -0.4 is 4.74 Å². The van der Waals surface area contributed by atoms with E-state index >= 15 is 0 Å². The first kappa shape index (κ1) is 22.1. The molecular weight excluding hydrogens is 412 g/mol. The Labute approximate surface area is 196 Å². The average Bonchev–Trinajstić information content (AvgIpc) is 3.29. The molecule has 174 valence electrons. The Hall–Kier alpha value is -2.67. The van der Waals surface area contributed by atoms with Gasteiger partial charge < -0.3 is 9.84 Å². The topological polar surface area (TPSA) is 53.8 Å². The van der Waals surface area contributed by atoms with Crippen LogP contribution in [0.2, 0.25) is 0 Å². The quantitative estimate of drug-likeness (QED) is 0.621. The van der Waals surface area contributed by atoms with Crippen molar-refractivity contribution in [2.24, 2.45) is 0 Å². The Kier molecular flexibility index (Phi) is 6.76. The van der Waals surface area contributed by atoms with Gasteiger partial charge in [0.15, 0.2) is 0 Å². The molecule has 2 saturated heterocycles. The number of benzene rings is 2. The number of nitrogens with zero attached hydrogens (tertiary/aromatic N) is 4. The molecule has 0 spiro atoms. The van der Waals surface area contributed by atoms with Crippen LogP contribution >= 0.6 is 0 Å². The largest absolute Gasteiger partial charge is 0.497 e. The van der Waals surface area contributed by atoms with Gasteiger partial charge in [-0.05, 0) is 69.6 Å². The highest BCUT2D eigenvalue weighted by atomic mass is 16.5. The summed E-state index contributed by atoms with van der Waals surface area (Å²) >= 11 is 0. The molecule has 2 aliphatic heterocycles. The van der Waals surface area contributed by atoms with Crippen LogP contribution in [0.4, 0.5) is 0 Å². The van der Waals surface area contributed by atoms with Crippen molar-refractivity contribution >= 4 is 0 Å². The molecule has 0 saturated carbocycles. The zero-order chi connectivity index (χ0) is 22.6. The first-order valence-electron chi connectivity index (χ1n) is 12.1. The maximum absolute atomic E-state index is 10.1. The molecule has 0 bridgehead atoms. The van der Waals surface area contributed by atoms with Gasteiger partial charge >= 0.3 is 0 Å². The van der Waals surface area contributed by atoms with E-state index in [1.807, 2.05) is 35.0 Å². The third kappa shape index (κ3) is 5.13. The number of aliphatic hydroxyl groups is 1. The molecule has 2 aromatic carbocycles. The van der Waals surface area contributed by atoms with Gasteiger partial charge in [0.1, 0.15) is 5.75 Å². The fourth-order valence-electron chi connectivity index (χ4n) is 5.25. The SMILES string of the molecule is COc1cccc(-c2nn(-c3ccccc3)cc2CN2CCC(N3CCC[C@@H](O)C3)CC2)c1. The number of hydrogen-bond donors (Lipinski definition) is 1. The molecule has 33 heavy (non-hydrogen) atoms. The number of piperidine rings is 2. The third-order valence-corrected chi connectivity index (χ3v) is 7.05. The molecule has 6 heteroatoms. The van der Waals surface area contributed by atoms with E-state index in [1.54, 1.807) is 7.11 Å². The van der Waals surface area contributed by atoms with E-state index < -0.39 is 0 Å². The molecule has 0 amide bonds. The van der Waals surface area contributed by atoms with Crippen LogP contribution in [0.3, 0.4) is 0 Å².